The van der Waals surface area contributed by atoms with Crippen LogP contribution >= 0.6 is 0 Å². The van der Waals surface area contributed by atoms with Gasteiger partial charge >= 0.3 is 0 Å². The van der Waals surface area contributed by atoms with Crippen LogP contribution in [0.15, 0.2) is 18.3 Å². The number of hydrogen-bond acceptors (Lipinski definition) is 6. The summed E-state index contributed by atoms with van der Waals surface area (Å²) in [4.78, 5) is 11.8. The third kappa shape index (κ3) is 5.54. The number of anilines is 1. The molecule has 0 saturated carbocycles. The number of aromatic nitrogens is 4. The normalized spacial score (nSPS) is 15.8. The lowest BCUT2D eigenvalue weighted by Crippen LogP contribution is -2.24. The summed E-state index contributed by atoms with van der Waals surface area (Å²) < 4.78 is 12.9. The molecule has 1 fully saturated rings. The van der Waals surface area contributed by atoms with E-state index in [1.165, 1.54) is 18.5 Å². The minimum Gasteiger partial charge on any atom is -0.385 e. The number of ether oxygens (including phenoxy) is 2. The smallest absolute Gasteiger partial charge is 0.200 e. The van der Waals surface area contributed by atoms with Crippen LogP contribution in [0, 0.1) is 5.41 Å². The fraction of sp³-hybridized carbons (Fsp3) is 0.682. The van der Waals surface area contributed by atoms with E-state index >= 15 is 0 Å². The van der Waals surface area contributed by atoms with Gasteiger partial charge in [-0.3, -0.25) is 4.98 Å². The van der Waals surface area contributed by atoms with E-state index in [4.69, 9.17) is 19.6 Å². The molecular formula is C22H35N5O2. The molecule has 0 amide bonds. The Morgan fingerprint density at radius 3 is 2.52 bits per heavy atom. The van der Waals surface area contributed by atoms with Crippen molar-refractivity contribution in [2.24, 2.45) is 5.41 Å². The number of rotatable bonds is 9. The summed E-state index contributed by atoms with van der Waals surface area (Å²) in [6.07, 6.45) is 5.32. The Labute approximate surface area is 174 Å². The van der Waals surface area contributed by atoms with Gasteiger partial charge < -0.3 is 14.4 Å². The second kappa shape index (κ2) is 9.67. The molecule has 0 radical (unpaired) electrons. The molecule has 0 bridgehead atoms. The van der Waals surface area contributed by atoms with Gasteiger partial charge in [0.25, 0.3) is 0 Å². The van der Waals surface area contributed by atoms with E-state index in [0.29, 0.717) is 25.6 Å². The molecule has 0 spiro atoms. The zero-order valence-corrected chi connectivity index (χ0v) is 18.5. The summed E-state index contributed by atoms with van der Waals surface area (Å²) in [5.41, 5.74) is 2.03. The van der Waals surface area contributed by atoms with Crippen molar-refractivity contribution in [1.82, 2.24) is 19.7 Å². The van der Waals surface area contributed by atoms with Crippen LogP contribution in [0.2, 0.25) is 0 Å². The molecule has 1 unspecified atom stereocenters. The lowest BCUT2D eigenvalue weighted by atomic mass is 9.88. The molecule has 0 N–H and O–H groups in total. The molecule has 3 rings (SSSR count). The topological polar surface area (TPSA) is 65.3 Å². The summed E-state index contributed by atoms with van der Waals surface area (Å²) in [5, 5.41) is 4.81. The van der Waals surface area contributed by atoms with E-state index in [-0.39, 0.29) is 11.5 Å². The number of nitrogens with zero attached hydrogens (tertiary/aromatic N) is 5. The van der Waals surface area contributed by atoms with Crippen molar-refractivity contribution >= 4 is 5.69 Å². The monoisotopic (exact) mass is 401 g/mol. The first-order valence-electron chi connectivity index (χ1n) is 10.6. The molecule has 0 aliphatic carbocycles. The number of methoxy groups -OCH3 is 1. The maximum atomic E-state index is 5.83. The van der Waals surface area contributed by atoms with Crippen molar-refractivity contribution < 1.29 is 9.47 Å². The van der Waals surface area contributed by atoms with Crippen molar-refractivity contribution in [3.63, 3.8) is 0 Å². The van der Waals surface area contributed by atoms with Gasteiger partial charge in [-0.1, -0.05) is 20.8 Å². The predicted molar refractivity (Wildman–Crippen MR) is 115 cm³/mol. The highest BCUT2D eigenvalue weighted by molar-refractivity contribution is 5.54. The van der Waals surface area contributed by atoms with Crippen molar-refractivity contribution in [3.05, 3.63) is 24.2 Å². The maximum absolute atomic E-state index is 5.83. The molecule has 1 aliphatic rings. The number of hydrogen-bond donors (Lipinski definition) is 0. The largest absolute Gasteiger partial charge is 0.385 e. The molecule has 3 heterocycles. The molecular weight excluding hydrogens is 366 g/mol. The molecule has 1 saturated heterocycles. The lowest BCUT2D eigenvalue weighted by molar-refractivity contribution is 0.0836. The zero-order chi connectivity index (χ0) is 20.9. The van der Waals surface area contributed by atoms with Gasteiger partial charge in [-0.2, -0.15) is 0 Å². The van der Waals surface area contributed by atoms with E-state index < -0.39 is 0 Å². The highest BCUT2D eigenvalue weighted by Crippen LogP contribution is 2.31. The van der Waals surface area contributed by atoms with Crippen LogP contribution in [0.5, 0.6) is 0 Å². The van der Waals surface area contributed by atoms with Gasteiger partial charge in [-0.25, -0.2) is 9.67 Å². The summed E-state index contributed by atoms with van der Waals surface area (Å²) in [6.45, 7) is 12.8. The SMILES string of the molecule is COCCCOCc1nc(-c2ccc(N3CCCC3)cn2)nn1C(C)C(C)(C)C. The highest BCUT2D eigenvalue weighted by Gasteiger charge is 2.26. The van der Waals surface area contributed by atoms with Crippen LogP contribution in [0.3, 0.4) is 0 Å². The van der Waals surface area contributed by atoms with Gasteiger partial charge in [-0.05, 0) is 43.7 Å². The second-order valence-electron chi connectivity index (χ2n) is 8.83. The van der Waals surface area contributed by atoms with Crippen LogP contribution in [0.4, 0.5) is 5.69 Å². The maximum Gasteiger partial charge on any atom is 0.200 e. The van der Waals surface area contributed by atoms with E-state index in [9.17, 15) is 0 Å². The first-order valence-corrected chi connectivity index (χ1v) is 10.6. The van der Waals surface area contributed by atoms with E-state index in [2.05, 4.69) is 43.6 Å². The molecule has 7 heteroatoms. The molecule has 160 valence electrons. The molecule has 0 aromatic carbocycles. The summed E-state index contributed by atoms with van der Waals surface area (Å²) in [7, 11) is 1.70. The van der Waals surface area contributed by atoms with Gasteiger partial charge in [0.1, 0.15) is 12.3 Å². The fourth-order valence-electron chi connectivity index (χ4n) is 3.39. The third-order valence-electron chi connectivity index (χ3n) is 5.64. The lowest BCUT2D eigenvalue weighted by Gasteiger charge is -2.28. The Morgan fingerprint density at radius 1 is 1.14 bits per heavy atom. The average Bonchev–Trinajstić information content (AvgIpc) is 3.37. The molecule has 1 aliphatic heterocycles. The second-order valence-corrected chi connectivity index (χ2v) is 8.83. The van der Waals surface area contributed by atoms with E-state index in [1.807, 2.05) is 16.9 Å². The Kier molecular flexibility index (Phi) is 7.24. The molecule has 7 nitrogen and oxygen atoms in total. The van der Waals surface area contributed by atoms with E-state index in [1.54, 1.807) is 7.11 Å². The Balaban J connectivity index is 1.79. The summed E-state index contributed by atoms with van der Waals surface area (Å²) in [6, 6.07) is 4.34. The molecule has 29 heavy (non-hydrogen) atoms. The van der Waals surface area contributed by atoms with Crippen LogP contribution in [-0.4, -0.2) is 53.2 Å². The third-order valence-corrected chi connectivity index (χ3v) is 5.64. The van der Waals surface area contributed by atoms with Gasteiger partial charge in [0.05, 0.1) is 17.9 Å². The zero-order valence-electron chi connectivity index (χ0n) is 18.5. The van der Waals surface area contributed by atoms with Crippen LogP contribution < -0.4 is 4.90 Å². The summed E-state index contributed by atoms with van der Waals surface area (Å²) >= 11 is 0. The first-order chi connectivity index (χ1) is 13.9. The molecule has 1 atom stereocenters. The van der Waals surface area contributed by atoms with Crippen LogP contribution in [-0.2, 0) is 16.1 Å². The number of pyridine rings is 1. The quantitative estimate of drug-likeness (QED) is 0.590. The first kappa shape index (κ1) is 21.7. The van der Waals surface area contributed by atoms with Crippen molar-refractivity contribution in [1.29, 1.82) is 0 Å². The fourth-order valence-corrected chi connectivity index (χ4v) is 3.39. The van der Waals surface area contributed by atoms with Crippen molar-refractivity contribution in [2.75, 3.05) is 38.3 Å². The van der Waals surface area contributed by atoms with E-state index in [0.717, 1.165) is 31.0 Å². The van der Waals surface area contributed by atoms with Crippen LogP contribution in [0.1, 0.15) is 58.8 Å². The Hall–Kier alpha value is -1.99. The van der Waals surface area contributed by atoms with Gasteiger partial charge in [0.2, 0.25) is 0 Å². The minimum absolute atomic E-state index is 0.0583. The standard InChI is InChI=1S/C22H35N5O2/c1-17(22(2,3)4)27-20(16-29-14-8-13-28-5)24-21(25-27)19-10-9-18(15-23-19)26-11-6-7-12-26/h9-10,15,17H,6-8,11-14,16H2,1-5H3. The van der Waals surface area contributed by atoms with Crippen LogP contribution in [0.25, 0.3) is 11.5 Å². The van der Waals surface area contributed by atoms with Gasteiger partial charge in [0, 0.05) is 33.4 Å². The molecule has 2 aromatic rings. The molecule has 2 aromatic heterocycles. The summed E-state index contributed by atoms with van der Waals surface area (Å²) in [5.74, 6) is 1.50. The Morgan fingerprint density at radius 2 is 1.90 bits per heavy atom. The predicted octanol–water partition coefficient (Wildman–Crippen LogP) is 4.10. The average molecular weight is 402 g/mol. The minimum atomic E-state index is 0.0583. The van der Waals surface area contributed by atoms with Crippen molar-refractivity contribution in [3.8, 4) is 11.5 Å². The van der Waals surface area contributed by atoms with Crippen molar-refractivity contribution in [2.45, 2.75) is 59.6 Å². The Bertz CT molecular complexity index is 761. The van der Waals surface area contributed by atoms with Gasteiger partial charge in [0.15, 0.2) is 11.6 Å². The highest BCUT2D eigenvalue weighted by atomic mass is 16.5. The van der Waals surface area contributed by atoms with Gasteiger partial charge in [-0.15, -0.1) is 5.10 Å².